The number of likely N-dealkylation sites (N-methyl/N-ethyl adjacent to an activating group) is 1. The first-order valence-electron chi connectivity index (χ1n) is 13.8. The van der Waals surface area contributed by atoms with Crippen molar-refractivity contribution >= 4 is 45.7 Å². The summed E-state index contributed by atoms with van der Waals surface area (Å²) < 4.78 is 0. The van der Waals surface area contributed by atoms with Gasteiger partial charge in [-0.2, -0.15) is 4.98 Å². The van der Waals surface area contributed by atoms with Gasteiger partial charge >= 0.3 is 0 Å². The van der Waals surface area contributed by atoms with Crippen LogP contribution in [0.1, 0.15) is 11.3 Å². The lowest BCUT2D eigenvalue weighted by Gasteiger charge is -2.43. The summed E-state index contributed by atoms with van der Waals surface area (Å²) >= 11 is 6.70. The van der Waals surface area contributed by atoms with Crippen molar-refractivity contribution in [3.05, 3.63) is 65.3 Å². The molecule has 0 unspecified atom stereocenters. The molecule has 2 aromatic carbocycles. The average molecular weight is 546 g/mol. The Labute approximate surface area is 235 Å². The van der Waals surface area contributed by atoms with Gasteiger partial charge in [0.25, 0.3) is 0 Å². The lowest BCUT2D eigenvalue weighted by molar-refractivity contribution is -0.126. The van der Waals surface area contributed by atoms with Gasteiger partial charge in [0.2, 0.25) is 11.9 Å². The number of rotatable bonds is 5. The first kappa shape index (κ1) is 25.9. The molecule has 3 aliphatic heterocycles. The molecule has 8 nitrogen and oxygen atoms in total. The molecule has 6 rings (SSSR count). The first-order valence-corrected chi connectivity index (χ1v) is 14.2. The van der Waals surface area contributed by atoms with E-state index in [1.807, 2.05) is 17.0 Å². The molecule has 0 spiro atoms. The number of hydrogen-bond acceptors (Lipinski definition) is 7. The van der Waals surface area contributed by atoms with Gasteiger partial charge in [0, 0.05) is 81.5 Å². The molecule has 0 saturated carbocycles. The molecule has 0 atom stereocenters. The van der Waals surface area contributed by atoms with Crippen molar-refractivity contribution in [2.24, 2.45) is 0 Å². The maximum atomic E-state index is 12.2. The van der Waals surface area contributed by atoms with Gasteiger partial charge in [-0.1, -0.05) is 42.4 Å². The minimum atomic E-state index is -0.00319. The molecule has 3 aliphatic rings. The molecule has 1 amide bonds. The predicted molar refractivity (Wildman–Crippen MR) is 159 cm³/mol. The third-order valence-electron chi connectivity index (χ3n) is 8.42. The Morgan fingerprint density at radius 3 is 2.38 bits per heavy atom. The van der Waals surface area contributed by atoms with Gasteiger partial charge in [-0.3, -0.25) is 4.79 Å². The van der Waals surface area contributed by atoms with Crippen molar-refractivity contribution in [2.45, 2.75) is 18.9 Å². The van der Waals surface area contributed by atoms with Crippen LogP contribution in [0.25, 0.3) is 10.8 Å². The number of benzene rings is 2. The number of halogens is 1. The minimum Gasteiger partial charge on any atom is -0.370 e. The molecule has 0 radical (unpaired) electrons. The summed E-state index contributed by atoms with van der Waals surface area (Å²) in [6.07, 6.45) is 3.11. The summed E-state index contributed by atoms with van der Waals surface area (Å²) in [5, 5.41) is 3.05. The molecule has 0 N–H and O–H groups in total. The maximum absolute atomic E-state index is 12.2. The van der Waals surface area contributed by atoms with Crippen LogP contribution < -0.4 is 14.7 Å². The Bertz CT molecular complexity index is 1390. The van der Waals surface area contributed by atoms with Crippen LogP contribution in [0.5, 0.6) is 0 Å². The highest BCUT2D eigenvalue weighted by Gasteiger charge is 2.33. The van der Waals surface area contributed by atoms with E-state index in [1.54, 1.807) is 0 Å². The fourth-order valence-corrected chi connectivity index (χ4v) is 6.24. The molecular weight excluding hydrogens is 510 g/mol. The number of amides is 1. The van der Waals surface area contributed by atoms with E-state index in [0.29, 0.717) is 19.1 Å². The zero-order valence-electron chi connectivity index (χ0n) is 22.8. The molecule has 1 aromatic heterocycles. The summed E-state index contributed by atoms with van der Waals surface area (Å²) in [5.74, 6) is 1.86. The Hall–Kier alpha value is -3.36. The SMILES string of the molecule is C=CC(=O)N1CCN(c2nc(N3CC(N(C)C)C3)nc3c2CCN(c2cccc4cccc(Cl)c24)CC3)CC1. The Morgan fingerprint density at radius 1 is 0.949 bits per heavy atom. The van der Waals surface area contributed by atoms with Crippen molar-refractivity contribution in [2.75, 3.05) is 81.2 Å². The van der Waals surface area contributed by atoms with Crippen LogP contribution in [0, 0.1) is 0 Å². The number of carbonyl (C=O) groups is 1. The number of carbonyl (C=O) groups excluding carboxylic acids is 1. The summed E-state index contributed by atoms with van der Waals surface area (Å²) in [7, 11) is 4.26. The number of piperazine rings is 1. The number of fused-ring (bicyclic) bond motifs is 2. The van der Waals surface area contributed by atoms with Crippen LogP contribution in [0.3, 0.4) is 0 Å². The fraction of sp³-hybridized carbons (Fsp3) is 0.433. The van der Waals surface area contributed by atoms with Crippen molar-refractivity contribution in [1.29, 1.82) is 0 Å². The van der Waals surface area contributed by atoms with Gasteiger partial charge in [0.15, 0.2) is 0 Å². The summed E-state index contributed by atoms with van der Waals surface area (Å²) in [6.45, 7) is 10.1. The van der Waals surface area contributed by atoms with E-state index in [0.717, 1.165) is 85.4 Å². The lowest BCUT2D eigenvalue weighted by Crippen LogP contribution is -2.58. The zero-order chi connectivity index (χ0) is 27.1. The molecule has 39 heavy (non-hydrogen) atoms. The number of aromatic nitrogens is 2. The van der Waals surface area contributed by atoms with Crippen LogP contribution in [0.2, 0.25) is 5.02 Å². The van der Waals surface area contributed by atoms with E-state index >= 15 is 0 Å². The molecule has 9 heteroatoms. The summed E-state index contributed by atoms with van der Waals surface area (Å²) in [6, 6.07) is 13.0. The Morgan fingerprint density at radius 2 is 1.67 bits per heavy atom. The Balaban J connectivity index is 1.31. The largest absolute Gasteiger partial charge is 0.370 e. The van der Waals surface area contributed by atoms with Crippen molar-refractivity contribution in [3.63, 3.8) is 0 Å². The lowest BCUT2D eigenvalue weighted by atomic mass is 10.1. The molecule has 204 valence electrons. The van der Waals surface area contributed by atoms with Crippen LogP contribution in [0.15, 0.2) is 49.1 Å². The molecule has 2 saturated heterocycles. The predicted octanol–water partition coefficient (Wildman–Crippen LogP) is 3.47. The second-order valence-corrected chi connectivity index (χ2v) is 11.3. The fourth-order valence-electron chi connectivity index (χ4n) is 5.96. The topological polar surface area (TPSA) is 59.1 Å². The van der Waals surface area contributed by atoms with Gasteiger partial charge in [-0.25, -0.2) is 4.98 Å². The molecule has 3 aromatic rings. The van der Waals surface area contributed by atoms with E-state index in [-0.39, 0.29) is 5.91 Å². The van der Waals surface area contributed by atoms with Gasteiger partial charge in [-0.15, -0.1) is 0 Å². The third kappa shape index (κ3) is 4.92. The third-order valence-corrected chi connectivity index (χ3v) is 8.74. The van der Waals surface area contributed by atoms with Gasteiger partial charge in [0.05, 0.1) is 10.7 Å². The van der Waals surface area contributed by atoms with E-state index in [1.165, 1.54) is 17.3 Å². The van der Waals surface area contributed by atoms with Crippen LogP contribution in [-0.4, -0.2) is 98.2 Å². The number of hydrogen-bond donors (Lipinski definition) is 0. The highest BCUT2D eigenvalue weighted by Crippen LogP contribution is 2.35. The van der Waals surface area contributed by atoms with Crippen molar-refractivity contribution in [1.82, 2.24) is 19.8 Å². The molecular formula is C30H36ClN7O. The maximum Gasteiger partial charge on any atom is 0.246 e. The smallest absolute Gasteiger partial charge is 0.246 e. The molecule has 0 bridgehead atoms. The minimum absolute atomic E-state index is 0.00319. The van der Waals surface area contributed by atoms with Gasteiger partial charge < -0.3 is 24.5 Å². The van der Waals surface area contributed by atoms with E-state index in [4.69, 9.17) is 21.6 Å². The summed E-state index contributed by atoms with van der Waals surface area (Å²) in [5.41, 5.74) is 3.55. The highest BCUT2D eigenvalue weighted by molar-refractivity contribution is 6.36. The van der Waals surface area contributed by atoms with Crippen LogP contribution in [-0.2, 0) is 17.6 Å². The van der Waals surface area contributed by atoms with Crippen molar-refractivity contribution in [3.8, 4) is 0 Å². The van der Waals surface area contributed by atoms with E-state index < -0.39 is 0 Å². The zero-order valence-corrected chi connectivity index (χ0v) is 23.6. The second kappa shape index (κ2) is 10.7. The van der Waals surface area contributed by atoms with E-state index in [2.05, 4.69) is 64.5 Å². The first-order chi connectivity index (χ1) is 18.9. The van der Waals surface area contributed by atoms with Crippen molar-refractivity contribution < 1.29 is 4.79 Å². The summed E-state index contributed by atoms with van der Waals surface area (Å²) in [4.78, 5) is 33.7. The van der Waals surface area contributed by atoms with E-state index in [9.17, 15) is 4.79 Å². The number of nitrogens with zero attached hydrogens (tertiary/aromatic N) is 7. The van der Waals surface area contributed by atoms with Gasteiger partial charge in [-0.05, 0) is 44.1 Å². The monoisotopic (exact) mass is 545 g/mol. The van der Waals surface area contributed by atoms with Gasteiger partial charge in [0.1, 0.15) is 5.82 Å². The average Bonchev–Trinajstić information content (AvgIpc) is 3.14. The molecule has 4 heterocycles. The van der Waals surface area contributed by atoms with Crippen LogP contribution >= 0.6 is 11.6 Å². The number of anilines is 3. The van der Waals surface area contributed by atoms with Crippen LogP contribution in [0.4, 0.5) is 17.5 Å². The standard InChI is InChI=1S/C30H36ClN7O/c1-4-27(39)36-15-17-37(18-16-36)29-23-11-13-35(26-10-6-8-21-7-5-9-24(31)28(21)26)14-12-25(23)32-30(33-29)38-19-22(20-38)34(2)3/h4-10,22H,1,11-20H2,2-3H3. The highest BCUT2D eigenvalue weighted by atomic mass is 35.5. The molecule has 0 aliphatic carbocycles. The second-order valence-electron chi connectivity index (χ2n) is 10.9. The quantitative estimate of drug-likeness (QED) is 0.455. The normalized spacial score (nSPS) is 18.3. The molecule has 2 fully saturated rings. The Kier molecular flexibility index (Phi) is 7.08.